The number of amidine groups is 1. The summed E-state index contributed by atoms with van der Waals surface area (Å²) in [6.45, 7) is 2.16. The van der Waals surface area contributed by atoms with Crippen LogP contribution in [0.5, 0.6) is 0 Å². The molecule has 0 spiro atoms. The molecule has 0 bridgehead atoms. The van der Waals surface area contributed by atoms with Crippen LogP contribution in [0.25, 0.3) is 0 Å². The van der Waals surface area contributed by atoms with E-state index in [1.807, 2.05) is 12.1 Å². The Bertz CT molecular complexity index is 479. The van der Waals surface area contributed by atoms with E-state index in [1.54, 1.807) is 11.8 Å². The highest BCUT2D eigenvalue weighted by Crippen LogP contribution is 2.36. The van der Waals surface area contributed by atoms with Gasteiger partial charge in [0.15, 0.2) is 5.17 Å². The van der Waals surface area contributed by atoms with Gasteiger partial charge in [-0.05, 0) is 40.9 Å². The minimum atomic E-state index is 0.415. The van der Waals surface area contributed by atoms with Crippen molar-refractivity contribution in [2.45, 2.75) is 25.8 Å². The van der Waals surface area contributed by atoms with Crippen LogP contribution in [0.15, 0.2) is 21.6 Å². The predicted octanol–water partition coefficient (Wildman–Crippen LogP) is 5.44. The Morgan fingerprint density at radius 3 is 2.94 bits per heavy atom. The van der Waals surface area contributed by atoms with Crippen LogP contribution in [0, 0.1) is 0 Å². The first-order valence-electron chi connectivity index (χ1n) is 5.73. The summed E-state index contributed by atoms with van der Waals surface area (Å²) in [7, 11) is 0. The standard InChI is InChI=1S/C12H13BrCl2N2S/c1-2-7-5-6-18-12(16-7)17-9-4-3-8(13)10(14)11(9)15/h3-4,7H,2,5-6H2,1H3,(H,16,17). The van der Waals surface area contributed by atoms with Crippen LogP contribution >= 0.6 is 50.9 Å². The Balaban J connectivity index is 2.19. The van der Waals surface area contributed by atoms with Crippen LogP contribution in [-0.4, -0.2) is 17.0 Å². The fraction of sp³-hybridized carbons (Fsp3) is 0.417. The van der Waals surface area contributed by atoms with E-state index in [4.69, 9.17) is 23.2 Å². The van der Waals surface area contributed by atoms with Crippen molar-refractivity contribution in [3.8, 4) is 0 Å². The molecule has 1 aliphatic rings. The molecule has 0 aromatic heterocycles. The Kier molecular flexibility index (Phi) is 5.24. The molecule has 1 N–H and O–H groups in total. The molecule has 18 heavy (non-hydrogen) atoms. The molecule has 1 atom stereocenters. The Morgan fingerprint density at radius 2 is 2.22 bits per heavy atom. The molecule has 1 heterocycles. The van der Waals surface area contributed by atoms with Crippen LogP contribution in [0.4, 0.5) is 5.69 Å². The van der Waals surface area contributed by atoms with Gasteiger partial charge >= 0.3 is 0 Å². The highest BCUT2D eigenvalue weighted by Gasteiger charge is 2.16. The fourth-order valence-corrected chi connectivity index (χ4v) is 3.47. The normalized spacial score (nSPS) is 19.6. The Hall–Kier alpha value is 0.1000. The molecule has 1 aromatic carbocycles. The number of benzene rings is 1. The van der Waals surface area contributed by atoms with Crippen LogP contribution in [0.1, 0.15) is 19.8 Å². The van der Waals surface area contributed by atoms with Gasteiger partial charge in [-0.1, -0.05) is 41.9 Å². The van der Waals surface area contributed by atoms with Crippen molar-refractivity contribution in [2.24, 2.45) is 4.99 Å². The minimum absolute atomic E-state index is 0.415. The number of hydrogen-bond donors (Lipinski definition) is 1. The van der Waals surface area contributed by atoms with Crippen LogP contribution < -0.4 is 5.32 Å². The number of aliphatic imine (C=N–C) groups is 1. The van der Waals surface area contributed by atoms with Gasteiger partial charge in [-0.25, -0.2) is 0 Å². The van der Waals surface area contributed by atoms with Crippen molar-refractivity contribution in [1.82, 2.24) is 0 Å². The maximum atomic E-state index is 6.20. The molecule has 98 valence electrons. The van der Waals surface area contributed by atoms with Gasteiger partial charge in [0.05, 0.1) is 21.8 Å². The molecule has 0 fully saturated rings. The summed E-state index contributed by atoms with van der Waals surface area (Å²) in [5.74, 6) is 1.09. The first-order valence-corrected chi connectivity index (χ1v) is 8.26. The van der Waals surface area contributed by atoms with E-state index in [9.17, 15) is 0 Å². The number of nitrogens with zero attached hydrogens (tertiary/aromatic N) is 1. The third kappa shape index (κ3) is 3.35. The van der Waals surface area contributed by atoms with Gasteiger partial charge in [0.2, 0.25) is 0 Å². The summed E-state index contributed by atoms with van der Waals surface area (Å²) in [4.78, 5) is 4.64. The third-order valence-corrected chi connectivity index (χ3v) is 5.43. The number of rotatable bonds is 2. The largest absolute Gasteiger partial charge is 0.334 e. The van der Waals surface area contributed by atoms with E-state index in [0.29, 0.717) is 16.1 Å². The molecule has 0 saturated carbocycles. The topological polar surface area (TPSA) is 24.4 Å². The van der Waals surface area contributed by atoms with E-state index < -0.39 is 0 Å². The van der Waals surface area contributed by atoms with Gasteiger partial charge in [-0.3, -0.25) is 4.99 Å². The molecule has 0 radical (unpaired) electrons. The van der Waals surface area contributed by atoms with Crippen molar-refractivity contribution in [2.75, 3.05) is 11.1 Å². The van der Waals surface area contributed by atoms with Crippen molar-refractivity contribution in [3.05, 3.63) is 26.7 Å². The summed E-state index contributed by atoms with van der Waals surface area (Å²) >= 11 is 17.4. The lowest BCUT2D eigenvalue weighted by Gasteiger charge is -2.20. The zero-order chi connectivity index (χ0) is 13.1. The highest BCUT2D eigenvalue weighted by molar-refractivity contribution is 9.10. The first-order chi connectivity index (χ1) is 8.61. The molecule has 0 aliphatic carbocycles. The molecule has 1 unspecified atom stereocenters. The van der Waals surface area contributed by atoms with E-state index in [-0.39, 0.29) is 0 Å². The zero-order valence-electron chi connectivity index (χ0n) is 9.84. The van der Waals surface area contributed by atoms with E-state index >= 15 is 0 Å². The number of anilines is 1. The van der Waals surface area contributed by atoms with Crippen LogP contribution in [-0.2, 0) is 0 Å². The van der Waals surface area contributed by atoms with Gasteiger partial charge in [-0.15, -0.1) is 0 Å². The number of nitrogens with one attached hydrogen (secondary N) is 1. The van der Waals surface area contributed by atoms with Gasteiger partial charge in [0.1, 0.15) is 0 Å². The summed E-state index contributed by atoms with van der Waals surface area (Å²) in [5.41, 5.74) is 0.799. The number of halogens is 3. The molecule has 0 amide bonds. The molecule has 2 nitrogen and oxygen atoms in total. The Labute approximate surface area is 130 Å². The molecule has 1 aromatic rings. The van der Waals surface area contributed by atoms with Gasteiger partial charge in [0.25, 0.3) is 0 Å². The summed E-state index contributed by atoms with van der Waals surface area (Å²) in [6, 6.07) is 4.19. The van der Waals surface area contributed by atoms with Gasteiger partial charge in [0, 0.05) is 10.2 Å². The second-order valence-electron chi connectivity index (χ2n) is 3.98. The molecule has 1 aliphatic heterocycles. The van der Waals surface area contributed by atoms with Crippen molar-refractivity contribution in [3.63, 3.8) is 0 Å². The maximum Gasteiger partial charge on any atom is 0.161 e. The molecule has 6 heteroatoms. The fourth-order valence-electron chi connectivity index (χ4n) is 1.66. The van der Waals surface area contributed by atoms with Crippen LogP contribution in [0.3, 0.4) is 0 Å². The molecule has 2 rings (SSSR count). The second-order valence-corrected chi connectivity index (χ2v) is 6.68. The third-order valence-electron chi connectivity index (χ3n) is 2.74. The molecular formula is C12H13BrCl2N2S. The van der Waals surface area contributed by atoms with E-state index in [1.165, 1.54) is 0 Å². The zero-order valence-corrected chi connectivity index (χ0v) is 13.8. The van der Waals surface area contributed by atoms with E-state index in [2.05, 4.69) is 33.2 Å². The first kappa shape index (κ1) is 14.5. The molecule has 0 saturated heterocycles. The Morgan fingerprint density at radius 1 is 1.44 bits per heavy atom. The lowest BCUT2D eigenvalue weighted by Crippen LogP contribution is -2.19. The smallest absolute Gasteiger partial charge is 0.161 e. The quantitative estimate of drug-likeness (QED) is 0.703. The van der Waals surface area contributed by atoms with Gasteiger partial charge in [-0.2, -0.15) is 0 Å². The minimum Gasteiger partial charge on any atom is -0.334 e. The monoisotopic (exact) mass is 366 g/mol. The average Bonchev–Trinajstić information content (AvgIpc) is 2.40. The second kappa shape index (κ2) is 6.51. The van der Waals surface area contributed by atoms with Crippen molar-refractivity contribution in [1.29, 1.82) is 0 Å². The number of hydrogen-bond acceptors (Lipinski definition) is 3. The number of thioether (sulfide) groups is 1. The summed E-state index contributed by atoms with van der Waals surface area (Å²) < 4.78 is 0.796. The average molecular weight is 368 g/mol. The van der Waals surface area contributed by atoms with Crippen molar-refractivity contribution >= 4 is 61.7 Å². The summed E-state index contributed by atoms with van der Waals surface area (Å²) in [5, 5.41) is 5.23. The molecular weight excluding hydrogens is 355 g/mol. The van der Waals surface area contributed by atoms with Gasteiger partial charge < -0.3 is 5.32 Å². The maximum absolute atomic E-state index is 6.20. The predicted molar refractivity (Wildman–Crippen MR) is 86.4 cm³/mol. The lowest BCUT2D eigenvalue weighted by atomic mass is 10.2. The summed E-state index contributed by atoms with van der Waals surface area (Å²) in [6.07, 6.45) is 2.21. The van der Waals surface area contributed by atoms with E-state index in [0.717, 1.165) is 33.9 Å². The van der Waals surface area contributed by atoms with Crippen LogP contribution in [0.2, 0.25) is 10.0 Å². The van der Waals surface area contributed by atoms with Crippen molar-refractivity contribution < 1.29 is 0 Å². The SMILES string of the molecule is CCC1CCSC(Nc2ccc(Br)c(Cl)c2Cl)=N1. The lowest BCUT2D eigenvalue weighted by molar-refractivity contribution is 0.634. The highest BCUT2D eigenvalue weighted by atomic mass is 79.9.